The number of amides is 1. The van der Waals surface area contributed by atoms with Crippen LogP contribution in [0.3, 0.4) is 0 Å². The Kier molecular flexibility index (Phi) is 5.15. The largest absolute Gasteiger partial charge is 0.381 e. The van der Waals surface area contributed by atoms with E-state index in [0.717, 1.165) is 38.2 Å². The molecule has 0 radical (unpaired) electrons. The summed E-state index contributed by atoms with van der Waals surface area (Å²) >= 11 is 0. The second-order valence-electron chi connectivity index (χ2n) is 5.69. The molecule has 2 atom stereocenters. The minimum absolute atomic E-state index is 0.0283. The number of benzene rings is 1. The number of hydrogen-bond donors (Lipinski definition) is 1. The Morgan fingerprint density at radius 1 is 1.45 bits per heavy atom. The standard InChI is InChI=1S/C16H24N2O2/c1-12-5-7-14(8-6-12)15(17)16(19)18(2)10-13-4-3-9-20-11-13/h5-8,13,15H,3-4,9-11,17H2,1-2H3. The van der Waals surface area contributed by atoms with Crippen molar-refractivity contribution >= 4 is 5.91 Å². The Bertz CT molecular complexity index is 438. The van der Waals surface area contributed by atoms with Gasteiger partial charge in [-0.1, -0.05) is 29.8 Å². The fourth-order valence-corrected chi connectivity index (χ4v) is 2.58. The minimum atomic E-state index is -0.579. The molecule has 0 spiro atoms. The molecule has 1 heterocycles. The van der Waals surface area contributed by atoms with Crippen molar-refractivity contribution < 1.29 is 9.53 Å². The van der Waals surface area contributed by atoms with E-state index in [0.29, 0.717) is 5.92 Å². The molecule has 0 bridgehead atoms. The maximum absolute atomic E-state index is 12.4. The fourth-order valence-electron chi connectivity index (χ4n) is 2.58. The molecule has 1 aliphatic rings. The topological polar surface area (TPSA) is 55.6 Å². The summed E-state index contributed by atoms with van der Waals surface area (Å²) in [6, 6.07) is 7.24. The molecule has 2 unspecified atom stereocenters. The number of carbonyl (C=O) groups is 1. The first-order valence-electron chi connectivity index (χ1n) is 7.23. The number of rotatable bonds is 4. The SMILES string of the molecule is Cc1ccc(C(N)C(=O)N(C)CC2CCCOC2)cc1. The van der Waals surface area contributed by atoms with Gasteiger partial charge in [-0.3, -0.25) is 4.79 Å². The third-order valence-corrected chi connectivity index (χ3v) is 3.87. The van der Waals surface area contributed by atoms with Gasteiger partial charge in [-0.05, 0) is 31.2 Å². The number of hydrogen-bond acceptors (Lipinski definition) is 3. The average molecular weight is 276 g/mol. The first kappa shape index (κ1) is 15.0. The van der Waals surface area contributed by atoms with Crippen LogP contribution in [0.4, 0.5) is 0 Å². The molecule has 1 saturated heterocycles. The minimum Gasteiger partial charge on any atom is -0.381 e. The maximum Gasteiger partial charge on any atom is 0.243 e. The van der Waals surface area contributed by atoms with Crippen LogP contribution in [0.15, 0.2) is 24.3 Å². The molecule has 110 valence electrons. The van der Waals surface area contributed by atoms with Gasteiger partial charge in [0.05, 0.1) is 6.61 Å². The monoisotopic (exact) mass is 276 g/mol. The van der Waals surface area contributed by atoms with Crippen LogP contribution in [0.5, 0.6) is 0 Å². The van der Waals surface area contributed by atoms with E-state index in [1.165, 1.54) is 5.56 Å². The maximum atomic E-state index is 12.4. The van der Waals surface area contributed by atoms with E-state index in [4.69, 9.17) is 10.5 Å². The van der Waals surface area contributed by atoms with Crippen LogP contribution in [-0.4, -0.2) is 37.6 Å². The van der Waals surface area contributed by atoms with Crippen molar-refractivity contribution in [2.45, 2.75) is 25.8 Å². The summed E-state index contributed by atoms with van der Waals surface area (Å²) in [6.45, 7) is 4.33. The highest BCUT2D eigenvalue weighted by Gasteiger charge is 2.23. The Hall–Kier alpha value is -1.39. The van der Waals surface area contributed by atoms with Gasteiger partial charge in [0.15, 0.2) is 0 Å². The molecule has 4 nitrogen and oxygen atoms in total. The molecule has 1 fully saturated rings. The van der Waals surface area contributed by atoms with E-state index < -0.39 is 6.04 Å². The lowest BCUT2D eigenvalue weighted by molar-refractivity contribution is -0.132. The predicted octanol–water partition coefficient (Wildman–Crippen LogP) is 1.88. The van der Waals surface area contributed by atoms with E-state index in [1.807, 2.05) is 38.2 Å². The van der Waals surface area contributed by atoms with E-state index in [-0.39, 0.29) is 5.91 Å². The van der Waals surface area contributed by atoms with Gasteiger partial charge in [0, 0.05) is 20.2 Å². The smallest absolute Gasteiger partial charge is 0.243 e. The third-order valence-electron chi connectivity index (χ3n) is 3.87. The summed E-state index contributed by atoms with van der Waals surface area (Å²) < 4.78 is 5.45. The first-order chi connectivity index (χ1) is 9.58. The second kappa shape index (κ2) is 6.86. The van der Waals surface area contributed by atoms with E-state index in [2.05, 4.69) is 0 Å². The van der Waals surface area contributed by atoms with Crippen LogP contribution in [-0.2, 0) is 9.53 Å². The van der Waals surface area contributed by atoms with Crippen molar-refractivity contribution in [2.24, 2.45) is 11.7 Å². The third kappa shape index (κ3) is 3.81. The van der Waals surface area contributed by atoms with E-state index in [9.17, 15) is 4.79 Å². The van der Waals surface area contributed by atoms with Gasteiger partial charge in [0.25, 0.3) is 0 Å². The molecule has 2 rings (SSSR count). The zero-order valence-corrected chi connectivity index (χ0v) is 12.3. The summed E-state index contributed by atoms with van der Waals surface area (Å²) in [5.74, 6) is 0.405. The quantitative estimate of drug-likeness (QED) is 0.913. The Balaban J connectivity index is 1.93. The fraction of sp³-hybridized carbons (Fsp3) is 0.562. The predicted molar refractivity (Wildman–Crippen MR) is 79.3 cm³/mol. The molecule has 20 heavy (non-hydrogen) atoms. The van der Waals surface area contributed by atoms with Gasteiger partial charge in [-0.2, -0.15) is 0 Å². The normalized spacial score (nSPS) is 20.4. The highest BCUT2D eigenvalue weighted by atomic mass is 16.5. The Labute approximate surface area is 120 Å². The van der Waals surface area contributed by atoms with Crippen LogP contribution < -0.4 is 5.73 Å². The van der Waals surface area contributed by atoms with E-state index >= 15 is 0 Å². The summed E-state index contributed by atoms with van der Waals surface area (Å²) in [5.41, 5.74) is 8.11. The number of nitrogens with two attached hydrogens (primary N) is 1. The number of likely N-dealkylation sites (N-methyl/N-ethyl adjacent to an activating group) is 1. The van der Waals surface area contributed by atoms with Gasteiger partial charge in [0.1, 0.15) is 6.04 Å². The zero-order valence-electron chi connectivity index (χ0n) is 12.3. The lowest BCUT2D eigenvalue weighted by atomic mass is 10.0. The molecule has 0 aliphatic carbocycles. The zero-order chi connectivity index (χ0) is 14.5. The van der Waals surface area contributed by atoms with E-state index in [1.54, 1.807) is 4.90 Å². The van der Waals surface area contributed by atoms with Gasteiger partial charge >= 0.3 is 0 Å². The molecule has 4 heteroatoms. The van der Waals surface area contributed by atoms with Gasteiger partial charge in [0.2, 0.25) is 5.91 Å². The van der Waals surface area contributed by atoms with Crippen LogP contribution in [0.25, 0.3) is 0 Å². The summed E-state index contributed by atoms with van der Waals surface area (Å²) in [7, 11) is 1.82. The molecule has 1 aliphatic heterocycles. The molecular weight excluding hydrogens is 252 g/mol. The van der Waals surface area contributed by atoms with Gasteiger partial charge in [-0.25, -0.2) is 0 Å². The number of ether oxygens (including phenoxy) is 1. The average Bonchev–Trinajstić information content (AvgIpc) is 2.47. The summed E-state index contributed by atoms with van der Waals surface area (Å²) in [4.78, 5) is 14.1. The van der Waals surface area contributed by atoms with Crippen molar-refractivity contribution in [2.75, 3.05) is 26.8 Å². The molecule has 1 aromatic rings. The van der Waals surface area contributed by atoms with Gasteiger partial charge < -0.3 is 15.4 Å². The van der Waals surface area contributed by atoms with Crippen LogP contribution in [0.1, 0.15) is 30.0 Å². The van der Waals surface area contributed by atoms with Crippen molar-refractivity contribution in [3.8, 4) is 0 Å². The van der Waals surface area contributed by atoms with Crippen LogP contribution >= 0.6 is 0 Å². The van der Waals surface area contributed by atoms with Crippen LogP contribution in [0.2, 0.25) is 0 Å². The number of nitrogens with zero attached hydrogens (tertiary/aromatic N) is 1. The lowest BCUT2D eigenvalue weighted by Crippen LogP contribution is -2.40. The molecule has 1 amide bonds. The molecular formula is C16H24N2O2. The van der Waals surface area contributed by atoms with Crippen molar-refractivity contribution in [1.82, 2.24) is 4.90 Å². The molecule has 2 N–H and O–H groups in total. The number of carbonyl (C=O) groups excluding carboxylic acids is 1. The van der Waals surface area contributed by atoms with Crippen molar-refractivity contribution in [1.29, 1.82) is 0 Å². The summed E-state index contributed by atoms with van der Waals surface area (Å²) in [6.07, 6.45) is 2.20. The molecule has 0 saturated carbocycles. The second-order valence-corrected chi connectivity index (χ2v) is 5.69. The highest BCUT2D eigenvalue weighted by molar-refractivity contribution is 5.82. The number of aryl methyl sites for hydroxylation is 1. The first-order valence-corrected chi connectivity index (χ1v) is 7.23. The molecule has 1 aromatic carbocycles. The lowest BCUT2D eigenvalue weighted by Gasteiger charge is -2.28. The Morgan fingerprint density at radius 2 is 2.15 bits per heavy atom. The van der Waals surface area contributed by atoms with Gasteiger partial charge in [-0.15, -0.1) is 0 Å². The van der Waals surface area contributed by atoms with Crippen molar-refractivity contribution in [3.63, 3.8) is 0 Å². The Morgan fingerprint density at radius 3 is 2.75 bits per heavy atom. The van der Waals surface area contributed by atoms with Crippen molar-refractivity contribution in [3.05, 3.63) is 35.4 Å². The molecule has 0 aromatic heterocycles. The van der Waals surface area contributed by atoms with Crippen LogP contribution in [0, 0.1) is 12.8 Å². The summed E-state index contributed by atoms with van der Waals surface area (Å²) in [5, 5.41) is 0. The highest BCUT2D eigenvalue weighted by Crippen LogP contribution is 2.18.